The monoisotopic (exact) mass is 399 g/mol. The van der Waals surface area contributed by atoms with Gasteiger partial charge in [-0.3, -0.25) is 9.69 Å². The minimum absolute atomic E-state index is 0.143. The number of benzene rings is 1. The topological polar surface area (TPSA) is 76.2 Å². The van der Waals surface area contributed by atoms with Crippen molar-refractivity contribution in [2.24, 2.45) is 0 Å². The van der Waals surface area contributed by atoms with E-state index in [0.717, 1.165) is 54.8 Å². The van der Waals surface area contributed by atoms with Crippen LogP contribution in [0.1, 0.15) is 27.6 Å². The van der Waals surface area contributed by atoms with Gasteiger partial charge in [0.15, 0.2) is 0 Å². The van der Waals surface area contributed by atoms with Crippen LogP contribution in [0.4, 0.5) is 0 Å². The molecule has 0 bridgehead atoms. The summed E-state index contributed by atoms with van der Waals surface area (Å²) in [6.07, 6.45) is 4.41. The molecular weight excluding hydrogens is 378 g/mol. The maximum atomic E-state index is 12.0. The summed E-state index contributed by atoms with van der Waals surface area (Å²) in [6.45, 7) is 3.99. The number of hydrogen-bond donors (Lipinski definition) is 1. The Hall–Kier alpha value is -2.64. The lowest BCUT2D eigenvalue weighted by molar-refractivity contribution is 0.0953. The van der Waals surface area contributed by atoms with E-state index in [1.54, 1.807) is 6.07 Å². The fraction of sp³-hybridized carbons (Fsp3) is 0.350. The molecular formula is C20H22ClN5O2. The Morgan fingerprint density at radius 1 is 1.18 bits per heavy atom. The highest BCUT2D eigenvalue weighted by Crippen LogP contribution is 2.18. The van der Waals surface area contributed by atoms with E-state index in [1.165, 1.54) is 12.5 Å². The molecule has 1 aliphatic heterocycles. The second-order valence-electron chi connectivity index (χ2n) is 6.82. The van der Waals surface area contributed by atoms with Crippen LogP contribution in [0.5, 0.6) is 0 Å². The van der Waals surface area contributed by atoms with Crippen molar-refractivity contribution in [2.45, 2.75) is 25.9 Å². The highest BCUT2D eigenvalue weighted by molar-refractivity contribution is 6.31. The zero-order chi connectivity index (χ0) is 19.3. The van der Waals surface area contributed by atoms with Gasteiger partial charge < -0.3 is 14.3 Å². The Bertz CT molecular complexity index is 938. The third kappa shape index (κ3) is 4.26. The van der Waals surface area contributed by atoms with E-state index in [9.17, 15) is 4.79 Å². The van der Waals surface area contributed by atoms with Gasteiger partial charge in [-0.25, -0.2) is 0 Å². The lowest BCUT2D eigenvalue weighted by atomic mass is 10.2. The van der Waals surface area contributed by atoms with E-state index >= 15 is 0 Å². The van der Waals surface area contributed by atoms with Crippen molar-refractivity contribution in [3.63, 3.8) is 0 Å². The molecule has 1 aliphatic rings. The van der Waals surface area contributed by atoms with Crippen LogP contribution >= 0.6 is 11.6 Å². The van der Waals surface area contributed by atoms with Crippen molar-refractivity contribution in [1.82, 2.24) is 25.0 Å². The largest absolute Gasteiger partial charge is 0.472 e. The molecule has 0 unspecified atom stereocenters. The SMILES string of the molecule is O=C(NCCc1nnc2n1CCN(Cc1ccccc1Cl)CC2)c1ccoc1. The van der Waals surface area contributed by atoms with Gasteiger partial charge in [-0.05, 0) is 17.7 Å². The number of furan rings is 1. The summed E-state index contributed by atoms with van der Waals surface area (Å²) in [6, 6.07) is 9.62. The van der Waals surface area contributed by atoms with Gasteiger partial charge in [-0.1, -0.05) is 29.8 Å². The van der Waals surface area contributed by atoms with E-state index in [4.69, 9.17) is 16.0 Å². The zero-order valence-corrected chi connectivity index (χ0v) is 16.2. The predicted octanol–water partition coefficient (Wildman–Crippen LogP) is 2.56. The molecule has 1 amide bonds. The summed E-state index contributed by atoms with van der Waals surface area (Å²) in [5.41, 5.74) is 1.67. The molecule has 2 aromatic heterocycles. The zero-order valence-electron chi connectivity index (χ0n) is 15.5. The number of aromatic nitrogens is 3. The van der Waals surface area contributed by atoms with Crippen LogP contribution in [0.2, 0.25) is 5.02 Å². The molecule has 0 fully saturated rings. The number of carbonyl (C=O) groups excluding carboxylic acids is 1. The van der Waals surface area contributed by atoms with Crippen LogP contribution in [0.25, 0.3) is 0 Å². The first-order chi connectivity index (χ1) is 13.7. The third-order valence-electron chi connectivity index (χ3n) is 4.96. The van der Waals surface area contributed by atoms with Gasteiger partial charge in [0, 0.05) is 50.6 Å². The molecule has 0 saturated carbocycles. The van der Waals surface area contributed by atoms with Gasteiger partial charge in [0.2, 0.25) is 0 Å². The minimum Gasteiger partial charge on any atom is -0.472 e. The van der Waals surface area contributed by atoms with Crippen LogP contribution in [0, 0.1) is 0 Å². The van der Waals surface area contributed by atoms with Crippen LogP contribution < -0.4 is 5.32 Å². The van der Waals surface area contributed by atoms with Crippen molar-refractivity contribution >= 4 is 17.5 Å². The van der Waals surface area contributed by atoms with Gasteiger partial charge in [0.25, 0.3) is 5.91 Å². The summed E-state index contributed by atoms with van der Waals surface area (Å²) in [7, 11) is 0. The van der Waals surface area contributed by atoms with E-state index in [-0.39, 0.29) is 5.91 Å². The average Bonchev–Trinajstić information content (AvgIpc) is 3.32. The number of amides is 1. The normalized spacial score (nSPS) is 14.5. The summed E-state index contributed by atoms with van der Waals surface area (Å²) in [4.78, 5) is 14.4. The molecule has 3 heterocycles. The number of nitrogens with zero attached hydrogens (tertiary/aromatic N) is 4. The van der Waals surface area contributed by atoms with Gasteiger partial charge in [0.05, 0.1) is 11.8 Å². The van der Waals surface area contributed by atoms with Gasteiger partial charge >= 0.3 is 0 Å². The Balaban J connectivity index is 1.33. The van der Waals surface area contributed by atoms with Crippen molar-refractivity contribution in [3.05, 3.63) is 70.7 Å². The fourth-order valence-electron chi connectivity index (χ4n) is 3.42. The number of rotatable bonds is 6. The van der Waals surface area contributed by atoms with Crippen LogP contribution in [-0.2, 0) is 25.9 Å². The molecule has 0 atom stereocenters. The molecule has 0 radical (unpaired) electrons. The maximum absolute atomic E-state index is 12.0. The number of nitrogens with one attached hydrogen (secondary N) is 1. The maximum Gasteiger partial charge on any atom is 0.254 e. The Morgan fingerprint density at radius 2 is 2.07 bits per heavy atom. The molecule has 7 nitrogen and oxygen atoms in total. The first-order valence-electron chi connectivity index (χ1n) is 9.38. The molecule has 0 spiro atoms. The summed E-state index contributed by atoms with van der Waals surface area (Å²) in [5.74, 6) is 1.76. The lowest BCUT2D eigenvalue weighted by Gasteiger charge is -2.20. The second kappa shape index (κ2) is 8.58. The standard InChI is InChI=1S/C20H22ClN5O2/c21-17-4-2-1-3-15(17)13-25-9-6-19-24-23-18(26(19)11-10-25)5-8-22-20(27)16-7-12-28-14-16/h1-4,7,12,14H,5-6,8-11,13H2,(H,22,27). The smallest absolute Gasteiger partial charge is 0.254 e. The highest BCUT2D eigenvalue weighted by atomic mass is 35.5. The minimum atomic E-state index is -0.143. The lowest BCUT2D eigenvalue weighted by Crippen LogP contribution is -2.28. The molecule has 0 saturated heterocycles. The molecule has 4 rings (SSSR count). The predicted molar refractivity (Wildman–Crippen MR) is 105 cm³/mol. The van der Waals surface area contributed by atoms with E-state index in [1.807, 2.05) is 18.2 Å². The molecule has 8 heteroatoms. The van der Waals surface area contributed by atoms with Crippen molar-refractivity contribution in [3.8, 4) is 0 Å². The second-order valence-corrected chi connectivity index (χ2v) is 7.23. The Kier molecular flexibility index (Phi) is 5.73. The Morgan fingerprint density at radius 3 is 2.89 bits per heavy atom. The number of hydrogen-bond acceptors (Lipinski definition) is 5. The van der Waals surface area contributed by atoms with E-state index in [2.05, 4.69) is 31.0 Å². The molecule has 1 aromatic carbocycles. The molecule has 28 heavy (non-hydrogen) atoms. The summed E-state index contributed by atoms with van der Waals surface area (Å²) < 4.78 is 7.11. The van der Waals surface area contributed by atoms with Gasteiger partial charge in [-0.2, -0.15) is 0 Å². The summed E-state index contributed by atoms with van der Waals surface area (Å²) in [5, 5.41) is 12.4. The van der Waals surface area contributed by atoms with Crippen LogP contribution in [0.15, 0.2) is 47.3 Å². The van der Waals surface area contributed by atoms with E-state index in [0.29, 0.717) is 18.5 Å². The number of fused-ring (bicyclic) bond motifs is 1. The first-order valence-corrected chi connectivity index (χ1v) is 9.75. The number of carbonyl (C=O) groups is 1. The quantitative estimate of drug-likeness (QED) is 0.689. The third-order valence-corrected chi connectivity index (χ3v) is 5.33. The molecule has 1 N–H and O–H groups in total. The Labute approximate surface area is 168 Å². The van der Waals surface area contributed by atoms with Crippen LogP contribution in [0.3, 0.4) is 0 Å². The highest BCUT2D eigenvalue weighted by Gasteiger charge is 2.19. The van der Waals surface area contributed by atoms with E-state index < -0.39 is 0 Å². The van der Waals surface area contributed by atoms with Gasteiger partial charge in [-0.15, -0.1) is 10.2 Å². The van der Waals surface area contributed by atoms with Gasteiger partial charge in [0.1, 0.15) is 17.9 Å². The molecule has 146 valence electrons. The van der Waals surface area contributed by atoms with Crippen molar-refractivity contribution < 1.29 is 9.21 Å². The molecule has 3 aromatic rings. The number of halogens is 1. The first kappa shape index (κ1) is 18.7. The van der Waals surface area contributed by atoms with Crippen LogP contribution in [-0.4, -0.2) is 45.2 Å². The van der Waals surface area contributed by atoms with Crippen molar-refractivity contribution in [1.29, 1.82) is 0 Å². The average molecular weight is 400 g/mol. The fourth-order valence-corrected chi connectivity index (χ4v) is 3.62. The summed E-state index contributed by atoms with van der Waals surface area (Å²) >= 11 is 6.30. The molecule has 0 aliphatic carbocycles. The van der Waals surface area contributed by atoms with Crippen molar-refractivity contribution in [2.75, 3.05) is 19.6 Å².